The summed E-state index contributed by atoms with van der Waals surface area (Å²) < 4.78 is 3.83. The van der Waals surface area contributed by atoms with Gasteiger partial charge in [-0.05, 0) is 43.3 Å². The Morgan fingerprint density at radius 1 is 1.12 bits per heavy atom. The monoisotopic (exact) mass is 464 g/mol. The van der Waals surface area contributed by atoms with E-state index in [1.54, 1.807) is 6.21 Å². The molecule has 0 radical (unpaired) electrons. The minimum absolute atomic E-state index is 0.143. The molecule has 0 aliphatic rings. The predicted molar refractivity (Wildman–Crippen MR) is 128 cm³/mol. The molecular formula is C23H21ClN6OS. The molecular weight excluding hydrogens is 444 g/mol. The Hall–Kier alpha value is -3.36. The van der Waals surface area contributed by atoms with E-state index < -0.39 is 0 Å². The summed E-state index contributed by atoms with van der Waals surface area (Å²) >= 11 is 7.36. The Labute approximate surface area is 195 Å². The van der Waals surface area contributed by atoms with E-state index in [4.69, 9.17) is 11.6 Å². The van der Waals surface area contributed by atoms with Crippen molar-refractivity contribution in [3.8, 4) is 17.1 Å². The van der Waals surface area contributed by atoms with Crippen LogP contribution in [0.2, 0.25) is 5.02 Å². The van der Waals surface area contributed by atoms with Crippen LogP contribution < -0.4 is 5.43 Å². The van der Waals surface area contributed by atoms with Gasteiger partial charge in [0, 0.05) is 29.5 Å². The number of hydrogen-bond acceptors (Lipinski definition) is 5. The highest BCUT2D eigenvalue weighted by atomic mass is 35.5. The summed E-state index contributed by atoms with van der Waals surface area (Å²) in [5.74, 6) is 0.601. The maximum Gasteiger partial charge on any atom is 0.250 e. The highest BCUT2D eigenvalue weighted by Gasteiger charge is 2.17. The second-order valence-electron chi connectivity index (χ2n) is 7.11. The number of thioether (sulfide) groups is 1. The summed E-state index contributed by atoms with van der Waals surface area (Å²) in [5.41, 5.74) is 6.40. The summed E-state index contributed by atoms with van der Waals surface area (Å²) in [7, 11) is 1.91. The van der Waals surface area contributed by atoms with Crippen LogP contribution >= 0.6 is 23.4 Å². The third kappa shape index (κ3) is 5.09. The van der Waals surface area contributed by atoms with Crippen molar-refractivity contribution < 1.29 is 4.79 Å². The van der Waals surface area contributed by atoms with E-state index >= 15 is 0 Å². The van der Waals surface area contributed by atoms with Gasteiger partial charge in [0.25, 0.3) is 5.91 Å². The number of nitrogens with zero attached hydrogens (tertiary/aromatic N) is 5. The van der Waals surface area contributed by atoms with Crippen LogP contribution in [0.3, 0.4) is 0 Å². The molecule has 2 aromatic heterocycles. The highest BCUT2D eigenvalue weighted by molar-refractivity contribution is 7.99. The number of rotatable bonds is 7. The van der Waals surface area contributed by atoms with Crippen molar-refractivity contribution in [3.63, 3.8) is 0 Å². The van der Waals surface area contributed by atoms with Crippen LogP contribution in [0.4, 0.5) is 0 Å². The number of carbonyl (C=O) groups is 1. The number of aromatic nitrogens is 4. The lowest BCUT2D eigenvalue weighted by molar-refractivity contribution is -0.118. The molecule has 2 heterocycles. The van der Waals surface area contributed by atoms with Gasteiger partial charge in [-0.2, -0.15) is 5.10 Å². The van der Waals surface area contributed by atoms with Crippen LogP contribution in [0.1, 0.15) is 11.3 Å². The van der Waals surface area contributed by atoms with Gasteiger partial charge in [0.1, 0.15) is 0 Å². The number of benzene rings is 2. The van der Waals surface area contributed by atoms with E-state index in [2.05, 4.69) is 20.7 Å². The van der Waals surface area contributed by atoms with Gasteiger partial charge >= 0.3 is 0 Å². The van der Waals surface area contributed by atoms with Crippen molar-refractivity contribution in [2.75, 3.05) is 5.75 Å². The first-order valence-electron chi connectivity index (χ1n) is 9.86. The molecule has 0 aliphatic carbocycles. The predicted octanol–water partition coefficient (Wildman–Crippen LogP) is 4.48. The van der Waals surface area contributed by atoms with Gasteiger partial charge in [-0.25, -0.2) is 5.43 Å². The van der Waals surface area contributed by atoms with Crippen LogP contribution in [0, 0.1) is 6.92 Å². The summed E-state index contributed by atoms with van der Waals surface area (Å²) in [6.07, 6.45) is 3.52. The number of halogens is 1. The van der Waals surface area contributed by atoms with E-state index in [1.165, 1.54) is 11.8 Å². The van der Waals surface area contributed by atoms with Gasteiger partial charge in [0.2, 0.25) is 0 Å². The zero-order valence-electron chi connectivity index (χ0n) is 17.6. The number of carbonyl (C=O) groups excluding carboxylic acids is 1. The number of aryl methyl sites for hydroxylation is 2. The number of hydrogen-bond donors (Lipinski definition) is 1. The molecule has 0 spiro atoms. The van der Waals surface area contributed by atoms with Crippen molar-refractivity contribution in [2.24, 2.45) is 12.1 Å². The lowest BCUT2D eigenvalue weighted by Gasteiger charge is -2.10. The summed E-state index contributed by atoms with van der Waals surface area (Å²) in [5, 5.41) is 14.0. The Morgan fingerprint density at radius 3 is 2.56 bits per heavy atom. The largest absolute Gasteiger partial charge is 0.350 e. The van der Waals surface area contributed by atoms with E-state index in [1.807, 2.05) is 90.0 Å². The van der Waals surface area contributed by atoms with Crippen LogP contribution in [-0.4, -0.2) is 37.2 Å². The molecule has 1 N–H and O–H groups in total. The van der Waals surface area contributed by atoms with Crippen molar-refractivity contribution in [1.29, 1.82) is 0 Å². The fraction of sp³-hybridized carbons (Fsp3) is 0.130. The minimum Gasteiger partial charge on any atom is -0.350 e. The van der Waals surface area contributed by atoms with E-state index in [0.29, 0.717) is 16.0 Å². The second-order valence-corrected chi connectivity index (χ2v) is 8.49. The Kier molecular flexibility index (Phi) is 6.72. The average Bonchev–Trinajstić information content (AvgIpc) is 3.40. The van der Waals surface area contributed by atoms with Gasteiger partial charge in [0.15, 0.2) is 11.0 Å². The third-order valence-corrected chi connectivity index (χ3v) is 5.91. The van der Waals surface area contributed by atoms with Gasteiger partial charge in [0.05, 0.1) is 17.7 Å². The number of nitrogens with one attached hydrogen (secondary N) is 1. The lowest BCUT2D eigenvalue weighted by atomic mass is 10.1. The van der Waals surface area contributed by atoms with E-state index in [0.717, 1.165) is 22.5 Å². The number of hydrazone groups is 1. The molecule has 0 saturated carbocycles. The van der Waals surface area contributed by atoms with Crippen LogP contribution in [0.5, 0.6) is 0 Å². The molecule has 32 heavy (non-hydrogen) atoms. The Bertz CT molecular complexity index is 1240. The van der Waals surface area contributed by atoms with Crippen molar-refractivity contribution in [1.82, 2.24) is 24.8 Å². The third-order valence-electron chi connectivity index (χ3n) is 4.73. The Morgan fingerprint density at radius 2 is 1.88 bits per heavy atom. The van der Waals surface area contributed by atoms with Gasteiger partial charge in [-0.15, -0.1) is 10.2 Å². The standard InChI is InChI=1S/C23H21ClN6OS/c1-16-5-7-17(8-6-16)22-27-28-23(30(22)19-11-9-18(24)10-12-19)32-15-21(31)26-25-14-20-4-3-13-29(20)2/h3-14H,15H2,1-2H3,(H,26,31)/b25-14+. The molecule has 2 aromatic carbocycles. The van der Waals surface area contributed by atoms with Crippen LogP contribution in [0.25, 0.3) is 17.1 Å². The lowest BCUT2D eigenvalue weighted by Crippen LogP contribution is -2.20. The first kappa shape index (κ1) is 21.9. The molecule has 9 heteroatoms. The van der Waals surface area contributed by atoms with Gasteiger partial charge in [-0.3, -0.25) is 9.36 Å². The average molecular weight is 465 g/mol. The van der Waals surface area contributed by atoms with Crippen molar-refractivity contribution >= 4 is 35.5 Å². The normalized spacial score (nSPS) is 11.2. The number of amides is 1. The second kappa shape index (κ2) is 9.84. The molecule has 0 unspecified atom stereocenters. The zero-order valence-corrected chi connectivity index (χ0v) is 19.1. The molecule has 0 atom stereocenters. The first-order valence-corrected chi connectivity index (χ1v) is 11.2. The maximum atomic E-state index is 12.3. The molecule has 4 rings (SSSR count). The molecule has 1 amide bonds. The first-order chi connectivity index (χ1) is 15.5. The molecule has 7 nitrogen and oxygen atoms in total. The smallest absolute Gasteiger partial charge is 0.250 e. The van der Waals surface area contributed by atoms with Gasteiger partial charge < -0.3 is 4.57 Å². The molecule has 0 saturated heterocycles. The highest BCUT2D eigenvalue weighted by Crippen LogP contribution is 2.28. The van der Waals surface area contributed by atoms with E-state index in [9.17, 15) is 4.79 Å². The molecule has 4 aromatic rings. The summed E-state index contributed by atoms with van der Waals surface area (Å²) in [6.45, 7) is 2.04. The molecule has 162 valence electrons. The quantitative estimate of drug-likeness (QED) is 0.248. The van der Waals surface area contributed by atoms with Gasteiger partial charge in [-0.1, -0.05) is 53.2 Å². The minimum atomic E-state index is -0.233. The molecule has 0 bridgehead atoms. The maximum absolute atomic E-state index is 12.3. The summed E-state index contributed by atoms with van der Waals surface area (Å²) in [4.78, 5) is 12.3. The van der Waals surface area contributed by atoms with E-state index in [-0.39, 0.29) is 11.7 Å². The fourth-order valence-corrected chi connectivity index (χ4v) is 3.89. The van der Waals surface area contributed by atoms with Crippen LogP contribution in [-0.2, 0) is 11.8 Å². The summed E-state index contributed by atoms with van der Waals surface area (Å²) in [6, 6.07) is 19.3. The van der Waals surface area contributed by atoms with Crippen molar-refractivity contribution in [3.05, 3.63) is 83.1 Å². The van der Waals surface area contributed by atoms with Crippen molar-refractivity contribution in [2.45, 2.75) is 12.1 Å². The molecule has 0 fully saturated rings. The molecule has 0 aliphatic heterocycles. The Balaban J connectivity index is 1.53. The SMILES string of the molecule is Cc1ccc(-c2nnc(SCC(=O)N/N=C/c3cccn3C)n2-c2ccc(Cl)cc2)cc1. The fourth-order valence-electron chi connectivity index (χ4n) is 3.02. The zero-order chi connectivity index (χ0) is 22.5. The topological polar surface area (TPSA) is 77.1 Å². The van der Waals surface area contributed by atoms with Crippen LogP contribution in [0.15, 0.2) is 77.1 Å².